The van der Waals surface area contributed by atoms with Crippen LogP contribution in [0.25, 0.3) is 0 Å². The quantitative estimate of drug-likeness (QED) is 0.724. The number of likely N-dealkylation sites (N-methyl/N-ethyl adjacent to an activating group) is 1. The maximum Gasteiger partial charge on any atom is 0.347 e. The number of nitrogens with one attached hydrogen (secondary N) is 1. The number of hydrogen-bond donors (Lipinski definition) is 1. The molecule has 72 valence electrons. The molecule has 0 saturated carbocycles. The Kier molecular flexibility index (Phi) is 3.64. The zero-order chi connectivity index (χ0) is 9.68. The van der Waals surface area contributed by atoms with Gasteiger partial charge >= 0.3 is 5.69 Å². The maximum absolute atomic E-state index is 11.2. The average Bonchev–Trinajstić information content (AvgIpc) is 2.09. The molecule has 0 aliphatic carbocycles. The van der Waals surface area contributed by atoms with Crippen LogP contribution < -0.4 is 11.0 Å². The van der Waals surface area contributed by atoms with Gasteiger partial charge in [-0.1, -0.05) is 6.92 Å². The highest BCUT2D eigenvalue weighted by Crippen LogP contribution is 1.86. The molecule has 1 atom stereocenters. The summed E-state index contributed by atoms with van der Waals surface area (Å²) in [7, 11) is 0. The Morgan fingerprint density at radius 1 is 1.69 bits per heavy atom. The van der Waals surface area contributed by atoms with Crippen molar-refractivity contribution >= 4 is 0 Å². The lowest BCUT2D eigenvalue weighted by molar-refractivity contribution is 0.476. The lowest BCUT2D eigenvalue weighted by Gasteiger charge is -2.12. The zero-order valence-electron chi connectivity index (χ0n) is 8.03. The number of rotatable bonds is 4. The molecule has 0 aliphatic heterocycles. The lowest BCUT2D eigenvalue weighted by atomic mass is 10.3. The third kappa shape index (κ3) is 2.99. The Hall–Kier alpha value is -1.16. The molecule has 1 rings (SSSR count). The van der Waals surface area contributed by atoms with Gasteiger partial charge in [0, 0.05) is 25.0 Å². The minimum Gasteiger partial charge on any atom is -0.313 e. The molecule has 4 heteroatoms. The van der Waals surface area contributed by atoms with E-state index in [1.807, 2.05) is 13.8 Å². The van der Waals surface area contributed by atoms with Gasteiger partial charge in [0.05, 0.1) is 0 Å². The molecule has 0 spiro atoms. The van der Waals surface area contributed by atoms with Gasteiger partial charge in [-0.05, 0) is 19.5 Å². The first kappa shape index (κ1) is 9.92. The van der Waals surface area contributed by atoms with Crippen LogP contribution in [0.4, 0.5) is 0 Å². The third-order valence-electron chi connectivity index (χ3n) is 1.81. The normalized spacial score (nSPS) is 12.8. The van der Waals surface area contributed by atoms with Crippen molar-refractivity contribution < 1.29 is 0 Å². The van der Waals surface area contributed by atoms with E-state index in [0.717, 1.165) is 6.54 Å². The summed E-state index contributed by atoms with van der Waals surface area (Å²) in [6, 6.07) is 2.06. The third-order valence-corrected chi connectivity index (χ3v) is 1.81. The monoisotopic (exact) mass is 181 g/mol. The number of hydrogen-bond acceptors (Lipinski definition) is 3. The van der Waals surface area contributed by atoms with Crippen LogP contribution in [0.5, 0.6) is 0 Å². The van der Waals surface area contributed by atoms with E-state index in [4.69, 9.17) is 0 Å². The lowest BCUT2D eigenvalue weighted by Crippen LogP contribution is -2.34. The number of nitrogens with zero attached hydrogens (tertiary/aromatic N) is 2. The molecule has 4 nitrogen and oxygen atoms in total. The van der Waals surface area contributed by atoms with Crippen molar-refractivity contribution in [1.82, 2.24) is 14.9 Å². The van der Waals surface area contributed by atoms with E-state index in [0.29, 0.717) is 12.6 Å². The zero-order valence-corrected chi connectivity index (χ0v) is 8.03. The van der Waals surface area contributed by atoms with Gasteiger partial charge in [0.25, 0.3) is 0 Å². The largest absolute Gasteiger partial charge is 0.347 e. The minimum absolute atomic E-state index is 0.188. The van der Waals surface area contributed by atoms with Crippen LogP contribution in [0.3, 0.4) is 0 Å². The molecule has 1 aromatic heterocycles. The average molecular weight is 181 g/mol. The van der Waals surface area contributed by atoms with Gasteiger partial charge in [0.1, 0.15) is 0 Å². The van der Waals surface area contributed by atoms with Crippen LogP contribution in [0.1, 0.15) is 13.8 Å². The molecule has 0 fully saturated rings. The molecule has 0 aliphatic rings. The van der Waals surface area contributed by atoms with Gasteiger partial charge in [-0.25, -0.2) is 9.78 Å². The maximum atomic E-state index is 11.2. The van der Waals surface area contributed by atoms with Crippen LogP contribution in [-0.2, 0) is 6.54 Å². The SMILES string of the molecule is CCNC(C)Cn1cccnc1=O. The van der Waals surface area contributed by atoms with Crippen LogP contribution in [0.15, 0.2) is 23.3 Å². The highest BCUT2D eigenvalue weighted by Gasteiger charge is 2.01. The summed E-state index contributed by atoms with van der Waals surface area (Å²) < 4.78 is 1.60. The molecule has 1 heterocycles. The molecular weight excluding hydrogens is 166 g/mol. The van der Waals surface area contributed by atoms with Gasteiger partial charge in [0.15, 0.2) is 0 Å². The van der Waals surface area contributed by atoms with E-state index < -0.39 is 0 Å². The van der Waals surface area contributed by atoms with Crippen molar-refractivity contribution in [1.29, 1.82) is 0 Å². The summed E-state index contributed by atoms with van der Waals surface area (Å²) in [6.07, 6.45) is 3.26. The second-order valence-electron chi connectivity index (χ2n) is 3.01. The molecule has 1 unspecified atom stereocenters. The van der Waals surface area contributed by atoms with Crippen molar-refractivity contribution in [2.24, 2.45) is 0 Å². The molecule has 0 saturated heterocycles. The smallest absolute Gasteiger partial charge is 0.313 e. The first-order valence-corrected chi connectivity index (χ1v) is 4.49. The Balaban J connectivity index is 2.63. The minimum atomic E-state index is -0.188. The van der Waals surface area contributed by atoms with E-state index >= 15 is 0 Å². The van der Waals surface area contributed by atoms with Gasteiger partial charge in [-0.3, -0.25) is 4.57 Å². The Morgan fingerprint density at radius 3 is 3.08 bits per heavy atom. The van der Waals surface area contributed by atoms with E-state index in [1.165, 1.54) is 6.20 Å². The highest BCUT2D eigenvalue weighted by molar-refractivity contribution is 4.81. The van der Waals surface area contributed by atoms with Gasteiger partial charge in [0.2, 0.25) is 0 Å². The molecule has 0 aromatic carbocycles. The molecule has 1 N–H and O–H groups in total. The molecule has 13 heavy (non-hydrogen) atoms. The first-order valence-electron chi connectivity index (χ1n) is 4.49. The Morgan fingerprint density at radius 2 is 2.46 bits per heavy atom. The molecule has 1 aromatic rings. The van der Waals surface area contributed by atoms with Crippen molar-refractivity contribution in [3.8, 4) is 0 Å². The van der Waals surface area contributed by atoms with Crippen molar-refractivity contribution in [3.05, 3.63) is 28.9 Å². The second kappa shape index (κ2) is 4.77. The first-order chi connectivity index (χ1) is 6.24. The predicted molar refractivity (Wildman–Crippen MR) is 51.6 cm³/mol. The standard InChI is InChI=1S/C9H15N3O/c1-3-10-8(2)7-12-6-4-5-11-9(12)13/h4-6,8,10H,3,7H2,1-2H3. The van der Waals surface area contributed by atoms with E-state index in [2.05, 4.69) is 10.3 Å². The molecule has 0 radical (unpaired) electrons. The summed E-state index contributed by atoms with van der Waals surface area (Å²) >= 11 is 0. The molecular formula is C9H15N3O. The van der Waals surface area contributed by atoms with Crippen LogP contribution in [0, 0.1) is 0 Å². The Labute approximate surface area is 77.6 Å². The molecule has 0 amide bonds. The summed E-state index contributed by atoms with van der Waals surface area (Å²) in [4.78, 5) is 14.9. The van der Waals surface area contributed by atoms with Gasteiger partial charge < -0.3 is 5.32 Å². The summed E-state index contributed by atoms with van der Waals surface area (Å²) in [5.41, 5.74) is -0.188. The Bertz CT molecular complexity index is 308. The fraction of sp³-hybridized carbons (Fsp3) is 0.556. The topological polar surface area (TPSA) is 46.9 Å². The van der Waals surface area contributed by atoms with E-state index in [1.54, 1.807) is 16.8 Å². The van der Waals surface area contributed by atoms with Crippen LogP contribution in [0.2, 0.25) is 0 Å². The fourth-order valence-electron chi connectivity index (χ4n) is 1.23. The predicted octanol–water partition coefficient (Wildman–Crippen LogP) is 0.241. The second-order valence-corrected chi connectivity index (χ2v) is 3.01. The fourth-order valence-corrected chi connectivity index (χ4v) is 1.23. The van der Waals surface area contributed by atoms with Crippen molar-refractivity contribution in [2.75, 3.05) is 6.54 Å². The van der Waals surface area contributed by atoms with Gasteiger partial charge in [-0.15, -0.1) is 0 Å². The van der Waals surface area contributed by atoms with E-state index in [9.17, 15) is 4.79 Å². The van der Waals surface area contributed by atoms with Crippen molar-refractivity contribution in [2.45, 2.75) is 26.4 Å². The van der Waals surface area contributed by atoms with Crippen LogP contribution in [-0.4, -0.2) is 22.1 Å². The molecule has 0 bridgehead atoms. The van der Waals surface area contributed by atoms with Crippen LogP contribution >= 0.6 is 0 Å². The van der Waals surface area contributed by atoms with E-state index in [-0.39, 0.29) is 5.69 Å². The number of aromatic nitrogens is 2. The van der Waals surface area contributed by atoms with Gasteiger partial charge in [-0.2, -0.15) is 0 Å². The summed E-state index contributed by atoms with van der Waals surface area (Å²) in [6.45, 7) is 5.67. The van der Waals surface area contributed by atoms with Crippen molar-refractivity contribution in [3.63, 3.8) is 0 Å². The summed E-state index contributed by atoms with van der Waals surface area (Å²) in [5, 5.41) is 3.23. The summed E-state index contributed by atoms with van der Waals surface area (Å²) in [5.74, 6) is 0. The highest BCUT2D eigenvalue weighted by atomic mass is 16.1.